The van der Waals surface area contributed by atoms with Gasteiger partial charge in [-0.25, -0.2) is 0 Å². The Morgan fingerprint density at radius 1 is 1.47 bits per heavy atom. The summed E-state index contributed by atoms with van der Waals surface area (Å²) in [5.74, 6) is 0. The first-order valence-corrected chi connectivity index (χ1v) is 7.19. The van der Waals surface area contributed by atoms with Crippen LogP contribution >= 0.6 is 11.8 Å². The number of hydrogen-bond acceptors (Lipinski definition) is 3. The van der Waals surface area contributed by atoms with E-state index in [-0.39, 0.29) is 0 Å². The third-order valence-electron chi connectivity index (χ3n) is 3.00. The number of hydrogen-bond donors (Lipinski definition) is 1. The smallest absolute Gasteiger partial charge is 0.0227 e. The van der Waals surface area contributed by atoms with Crippen LogP contribution in [0.5, 0.6) is 0 Å². The van der Waals surface area contributed by atoms with Gasteiger partial charge in [0.2, 0.25) is 0 Å². The van der Waals surface area contributed by atoms with Crippen LogP contribution in [0.2, 0.25) is 0 Å². The number of rotatable bonds is 5. The van der Waals surface area contributed by atoms with Crippen molar-refractivity contribution in [3.63, 3.8) is 0 Å². The zero-order valence-corrected chi connectivity index (χ0v) is 11.7. The van der Waals surface area contributed by atoms with E-state index in [2.05, 4.69) is 44.2 Å². The number of nitrogens with zero attached hydrogens (tertiary/aromatic N) is 1. The Balaban J connectivity index is 2.30. The fourth-order valence-corrected chi connectivity index (χ4v) is 2.50. The average molecular weight is 230 g/mol. The molecule has 1 unspecified atom stereocenters. The van der Waals surface area contributed by atoms with Crippen molar-refractivity contribution in [1.82, 2.24) is 10.2 Å². The maximum Gasteiger partial charge on any atom is 0.0227 e. The topological polar surface area (TPSA) is 15.3 Å². The summed E-state index contributed by atoms with van der Waals surface area (Å²) >= 11 is 1.97. The van der Waals surface area contributed by atoms with Crippen molar-refractivity contribution >= 4 is 11.8 Å². The van der Waals surface area contributed by atoms with Crippen molar-refractivity contribution in [2.45, 2.75) is 50.9 Å². The van der Waals surface area contributed by atoms with Gasteiger partial charge in [0.25, 0.3) is 0 Å². The second kappa shape index (κ2) is 5.55. The Kier molecular flexibility index (Phi) is 4.94. The van der Waals surface area contributed by atoms with Crippen molar-refractivity contribution in [3.8, 4) is 0 Å². The summed E-state index contributed by atoms with van der Waals surface area (Å²) in [6.45, 7) is 12.8. The van der Waals surface area contributed by atoms with Gasteiger partial charge in [-0.3, -0.25) is 0 Å². The van der Waals surface area contributed by atoms with E-state index in [1.54, 1.807) is 0 Å². The third kappa shape index (κ3) is 4.75. The Labute approximate surface area is 99.2 Å². The quantitative estimate of drug-likeness (QED) is 0.779. The molecule has 0 bridgehead atoms. The fraction of sp³-hybridized carbons (Fsp3) is 1.00. The molecule has 0 amide bonds. The molecule has 0 saturated carbocycles. The van der Waals surface area contributed by atoms with Gasteiger partial charge in [-0.05, 0) is 33.1 Å². The van der Waals surface area contributed by atoms with Crippen LogP contribution in [0.25, 0.3) is 0 Å². The standard InChI is InChI=1S/C12H26N2S/c1-10(2)13-11-6-7-14(8-11)9-12(3,4)15-5/h10-11,13H,6-9H2,1-5H3. The number of thioether (sulfide) groups is 1. The maximum absolute atomic E-state index is 3.63. The zero-order chi connectivity index (χ0) is 11.5. The van der Waals surface area contributed by atoms with E-state index < -0.39 is 0 Å². The molecule has 0 spiro atoms. The van der Waals surface area contributed by atoms with Crippen molar-refractivity contribution < 1.29 is 0 Å². The Morgan fingerprint density at radius 3 is 2.67 bits per heavy atom. The lowest BCUT2D eigenvalue weighted by atomic mass is 10.2. The normalized spacial score (nSPS) is 24.0. The summed E-state index contributed by atoms with van der Waals surface area (Å²) in [7, 11) is 0. The van der Waals surface area contributed by atoms with Crippen LogP contribution in [-0.4, -0.2) is 47.6 Å². The minimum absolute atomic E-state index is 0.396. The summed E-state index contributed by atoms with van der Waals surface area (Å²) in [5.41, 5.74) is 0. The summed E-state index contributed by atoms with van der Waals surface area (Å²) in [6.07, 6.45) is 3.52. The van der Waals surface area contributed by atoms with Gasteiger partial charge < -0.3 is 10.2 Å². The van der Waals surface area contributed by atoms with Crippen molar-refractivity contribution in [1.29, 1.82) is 0 Å². The van der Waals surface area contributed by atoms with Crippen molar-refractivity contribution in [2.75, 3.05) is 25.9 Å². The van der Waals surface area contributed by atoms with Crippen LogP contribution in [0, 0.1) is 0 Å². The molecule has 0 aromatic heterocycles. The molecular weight excluding hydrogens is 204 g/mol. The van der Waals surface area contributed by atoms with Gasteiger partial charge in [-0.2, -0.15) is 11.8 Å². The fourth-order valence-electron chi connectivity index (χ4n) is 2.19. The molecule has 1 aliphatic rings. The second-order valence-electron chi connectivity index (χ2n) is 5.51. The molecule has 0 aromatic rings. The number of likely N-dealkylation sites (tertiary alicyclic amines) is 1. The molecule has 90 valence electrons. The maximum atomic E-state index is 3.63. The van der Waals surface area contributed by atoms with Gasteiger partial charge in [-0.1, -0.05) is 13.8 Å². The second-order valence-corrected chi connectivity index (χ2v) is 7.02. The van der Waals surface area contributed by atoms with Crippen molar-refractivity contribution in [2.24, 2.45) is 0 Å². The molecule has 0 radical (unpaired) electrons. The Bertz CT molecular complexity index is 192. The van der Waals surface area contributed by atoms with Crippen molar-refractivity contribution in [3.05, 3.63) is 0 Å². The van der Waals surface area contributed by atoms with Crippen LogP contribution in [0.4, 0.5) is 0 Å². The van der Waals surface area contributed by atoms with Crippen LogP contribution in [0.1, 0.15) is 34.1 Å². The molecule has 1 heterocycles. The van der Waals surface area contributed by atoms with E-state index in [4.69, 9.17) is 0 Å². The lowest BCUT2D eigenvalue weighted by Crippen LogP contribution is -2.40. The highest BCUT2D eigenvalue weighted by Crippen LogP contribution is 2.24. The molecular formula is C12H26N2S. The number of nitrogens with one attached hydrogen (secondary N) is 1. The Morgan fingerprint density at radius 2 is 2.13 bits per heavy atom. The zero-order valence-electron chi connectivity index (χ0n) is 10.8. The van der Waals surface area contributed by atoms with E-state index in [1.165, 1.54) is 26.1 Å². The first-order chi connectivity index (χ1) is 6.93. The summed E-state index contributed by atoms with van der Waals surface area (Å²) in [5, 5.41) is 3.63. The third-order valence-corrected chi connectivity index (χ3v) is 4.23. The highest BCUT2D eigenvalue weighted by atomic mass is 32.2. The molecule has 1 N–H and O–H groups in total. The van der Waals surface area contributed by atoms with Gasteiger partial charge in [0.05, 0.1) is 0 Å². The average Bonchev–Trinajstić information content (AvgIpc) is 2.50. The minimum Gasteiger partial charge on any atom is -0.310 e. The molecule has 3 heteroatoms. The first kappa shape index (κ1) is 13.3. The molecule has 1 rings (SSSR count). The summed E-state index contributed by atoms with van der Waals surface area (Å²) < 4.78 is 0.396. The van der Waals surface area contributed by atoms with E-state index >= 15 is 0 Å². The predicted molar refractivity (Wildman–Crippen MR) is 70.7 cm³/mol. The highest BCUT2D eigenvalue weighted by molar-refractivity contribution is 7.99. The van der Waals surface area contributed by atoms with Gasteiger partial charge in [0.1, 0.15) is 0 Å². The molecule has 2 nitrogen and oxygen atoms in total. The summed E-state index contributed by atoms with van der Waals surface area (Å²) in [6, 6.07) is 1.33. The predicted octanol–water partition coefficient (Wildman–Crippen LogP) is 2.20. The van der Waals surface area contributed by atoms with Crippen LogP contribution in [0.3, 0.4) is 0 Å². The van der Waals surface area contributed by atoms with Gasteiger partial charge in [-0.15, -0.1) is 0 Å². The van der Waals surface area contributed by atoms with Crippen LogP contribution in [-0.2, 0) is 0 Å². The molecule has 1 saturated heterocycles. The van der Waals surface area contributed by atoms with Gasteiger partial charge in [0, 0.05) is 29.9 Å². The SMILES string of the molecule is CSC(C)(C)CN1CCC(NC(C)C)C1. The monoisotopic (exact) mass is 230 g/mol. The molecule has 0 aromatic carbocycles. The molecule has 1 atom stereocenters. The van der Waals surface area contributed by atoms with E-state index in [0.29, 0.717) is 16.8 Å². The molecule has 0 aliphatic carbocycles. The Hall–Kier alpha value is 0.270. The van der Waals surface area contributed by atoms with Crippen LogP contribution < -0.4 is 5.32 Å². The summed E-state index contributed by atoms with van der Waals surface area (Å²) in [4.78, 5) is 2.59. The van der Waals surface area contributed by atoms with E-state index in [9.17, 15) is 0 Å². The minimum atomic E-state index is 0.396. The highest BCUT2D eigenvalue weighted by Gasteiger charge is 2.27. The molecule has 1 fully saturated rings. The van der Waals surface area contributed by atoms with E-state index in [1.807, 2.05) is 11.8 Å². The van der Waals surface area contributed by atoms with Gasteiger partial charge in [0.15, 0.2) is 0 Å². The first-order valence-electron chi connectivity index (χ1n) is 5.96. The van der Waals surface area contributed by atoms with Crippen LogP contribution in [0.15, 0.2) is 0 Å². The lowest BCUT2D eigenvalue weighted by molar-refractivity contribution is 0.302. The molecule has 15 heavy (non-hydrogen) atoms. The van der Waals surface area contributed by atoms with Gasteiger partial charge >= 0.3 is 0 Å². The lowest BCUT2D eigenvalue weighted by Gasteiger charge is -2.28. The largest absolute Gasteiger partial charge is 0.310 e. The molecule has 1 aliphatic heterocycles. The van der Waals surface area contributed by atoms with E-state index in [0.717, 1.165) is 0 Å².